The van der Waals surface area contributed by atoms with Crippen LogP contribution in [-0.2, 0) is 24.3 Å². The van der Waals surface area contributed by atoms with Crippen LogP contribution in [0.25, 0.3) is 0 Å². The highest BCUT2D eigenvalue weighted by Crippen LogP contribution is 2.21. The highest BCUT2D eigenvalue weighted by atomic mass is 32.2. The maximum Gasteiger partial charge on any atom is 0.410 e. The average molecular weight is 391 g/mol. The quantitative estimate of drug-likeness (QED) is 0.716. The second-order valence-electron chi connectivity index (χ2n) is 7.45. The number of morpholine rings is 1. The summed E-state index contributed by atoms with van der Waals surface area (Å²) in [4.78, 5) is 26.0. The maximum atomic E-state index is 12.4. The van der Waals surface area contributed by atoms with Gasteiger partial charge in [-0.25, -0.2) is 13.2 Å². The molecule has 26 heavy (non-hydrogen) atoms. The van der Waals surface area contributed by atoms with Crippen molar-refractivity contribution >= 4 is 22.0 Å². The molecular formula is C16H29N3O6S. The Morgan fingerprint density at radius 3 is 2.46 bits per heavy atom. The number of hydrogen-bond donors (Lipinski definition) is 1. The van der Waals surface area contributed by atoms with Crippen molar-refractivity contribution in [2.45, 2.75) is 45.3 Å². The van der Waals surface area contributed by atoms with E-state index in [-0.39, 0.29) is 18.2 Å². The van der Waals surface area contributed by atoms with Gasteiger partial charge >= 0.3 is 6.09 Å². The third kappa shape index (κ3) is 5.82. The van der Waals surface area contributed by atoms with Gasteiger partial charge in [0, 0.05) is 26.2 Å². The molecular weight excluding hydrogens is 362 g/mol. The number of sulfonamides is 1. The SMILES string of the molecule is CC(C)(C)OC(=O)N1CCCC1C(=O)NCCS(=O)(=O)N1CCOCC1. The second-order valence-corrected chi connectivity index (χ2v) is 9.54. The van der Waals surface area contributed by atoms with Crippen molar-refractivity contribution in [2.75, 3.05) is 45.1 Å². The van der Waals surface area contributed by atoms with Gasteiger partial charge in [-0.1, -0.05) is 0 Å². The summed E-state index contributed by atoms with van der Waals surface area (Å²) in [6, 6.07) is -0.615. The molecule has 0 aromatic heterocycles. The zero-order valence-electron chi connectivity index (χ0n) is 15.7. The fourth-order valence-corrected chi connectivity index (χ4v) is 4.28. The van der Waals surface area contributed by atoms with E-state index in [9.17, 15) is 18.0 Å². The molecule has 9 nitrogen and oxygen atoms in total. The molecule has 10 heteroatoms. The number of amides is 2. The highest BCUT2D eigenvalue weighted by Gasteiger charge is 2.36. The van der Waals surface area contributed by atoms with Crippen LogP contribution < -0.4 is 5.32 Å². The van der Waals surface area contributed by atoms with Gasteiger partial charge in [-0.15, -0.1) is 0 Å². The Bertz CT molecular complexity index is 610. The van der Waals surface area contributed by atoms with Crippen molar-refractivity contribution in [1.29, 1.82) is 0 Å². The first-order valence-electron chi connectivity index (χ1n) is 8.93. The van der Waals surface area contributed by atoms with Gasteiger partial charge in [0.15, 0.2) is 0 Å². The smallest absolute Gasteiger partial charge is 0.410 e. The third-order valence-electron chi connectivity index (χ3n) is 4.21. The second kappa shape index (κ2) is 8.53. The van der Waals surface area contributed by atoms with Crippen LogP contribution in [0.4, 0.5) is 4.79 Å². The summed E-state index contributed by atoms with van der Waals surface area (Å²) >= 11 is 0. The van der Waals surface area contributed by atoms with Crippen LogP contribution in [0, 0.1) is 0 Å². The Morgan fingerprint density at radius 1 is 1.19 bits per heavy atom. The largest absolute Gasteiger partial charge is 0.444 e. The fourth-order valence-electron chi connectivity index (χ4n) is 2.95. The number of carbonyl (C=O) groups excluding carboxylic acids is 2. The molecule has 0 aliphatic carbocycles. The molecule has 2 amide bonds. The van der Waals surface area contributed by atoms with Crippen molar-refractivity contribution in [1.82, 2.24) is 14.5 Å². The molecule has 0 radical (unpaired) electrons. The van der Waals surface area contributed by atoms with Crippen LogP contribution in [0.1, 0.15) is 33.6 Å². The first kappa shape index (κ1) is 20.9. The van der Waals surface area contributed by atoms with Crippen molar-refractivity contribution < 1.29 is 27.5 Å². The minimum Gasteiger partial charge on any atom is -0.444 e. The number of nitrogens with zero attached hydrogens (tertiary/aromatic N) is 2. The zero-order chi connectivity index (χ0) is 19.4. The summed E-state index contributed by atoms with van der Waals surface area (Å²) in [5.41, 5.74) is -0.632. The van der Waals surface area contributed by atoms with Crippen LogP contribution >= 0.6 is 0 Å². The molecule has 0 spiro atoms. The van der Waals surface area contributed by atoms with Gasteiger partial charge in [0.05, 0.1) is 19.0 Å². The normalized spacial score (nSPS) is 22.3. The number of likely N-dealkylation sites (tertiary alicyclic amines) is 1. The summed E-state index contributed by atoms with van der Waals surface area (Å²) in [7, 11) is -3.42. The minimum atomic E-state index is -3.42. The van der Waals surface area contributed by atoms with Crippen LogP contribution in [-0.4, -0.2) is 86.4 Å². The monoisotopic (exact) mass is 391 g/mol. The van der Waals surface area contributed by atoms with Gasteiger partial charge in [0.25, 0.3) is 0 Å². The highest BCUT2D eigenvalue weighted by molar-refractivity contribution is 7.89. The molecule has 0 saturated carbocycles. The van der Waals surface area contributed by atoms with E-state index in [1.54, 1.807) is 20.8 Å². The lowest BCUT2D eigenvalue weighted by Crippen LogP contribution is -2.49. The van der Waals surface area contributed by atoms with E-state index in [2.05, 4.69) is 5.32 Å². The molecule has 2 rings (SSSR count). The topological polar surface area (TPSA) is 105 Å². The summed E-state index contributed by atoms with van der Waals surface area (Å²) < 4.78 is 36.4. The van der Waals surface area contributed by atoms with Gasteiger partial charge < -0.3 is 14.8 Å². The van der Waals surface area contributed by atoms with Crippen molar-refractivity contribution in [3.05, 3.63) is 0 Å². The lowest BCUT2D eigenvalue weighted by atomic mass is 10.2. The summed E-state index contributed by atoms with van der Waals surface area (Å²) in [5.74, 6) is -0.511. The van der Waals surface area contributed by atoms with Crippen LogP contribution in [0.2, 0.25) is 0 Å². The number of rotatable bonds is 5. The molecule has 1 unspecified atom stereocenters. The number of carbonyl (C=O) groups is 2. The van der Waals surface area contributed by atoms with Gasteiger partial charge in [-0.2, -0.15) is 4.31 Å². The van der Waals surface area contributed by atoms with Gasteiger partial charge in [-0.05, 0) is 33.6 Å². The Hall–Kier alpha value is -1.39. The van der Waals surface area contributed by atoms with Gasteiger partial charge in [0.1, 0.15) is 11.6 Å². The van der Waals surface area contributed by atoms with Gasteiger partial charge in [0.2, 0.25) is 15.9 Å². The fraction of sp³-hybridized carbons (Fsp3) is 0.875. The predicted molar refractivity (Wildman–Crippen MR) is 95.2 cm³/mol. The molecule has 2 saturated heterocycles. The maximum absolute atomic E-state index is 12.4. The van der Waals surface area contributed by atoms with Crippen LogP contribution in [0.3, 0.4) is 0 Å². The van der Waals surface area contributed by atoms with E-state index in [1.165, 1.54) is 9.21 Å². The Kier molecular flexibility index (Phi) is 6.86. The predicted octanol–water partition coefficient (Wildman–Crippen LogP) is 0.164. The van der Waals surface area contributed by atoms with Crippen molar-refractivity contribution in [2.24, 2.45) is 0 Å². The average Bonchev–Trinajstić information content (AvgIpc) is 3.04. The molecule has 2 heterocycles. The van der Waals surface area contributed by atoms with Crippen LogP contribution in [0.15, 0.2) is 0 Å². The molecule has 1 N–H and O–H groups in total. The lowest BCUT2D eigenvalue weighted by Gasteiger charge is -2.28. The zero-order valence-corrected chi connectivity index (χ0v) is 16.5. The molecule has 2 aliphatic heterocycles. The number of nitrogens with one attached hydrogen (secondary N) is 1. The minimum absolute atomic E-state index is 0.0111. The molecule has 2 aliphatic rings. The molecule has 0 bridgehead atoms. The molecule has 0 aromatic carbocycles. The van der Waals surface area contributed by atoms with E-state index in [0.717, 1.165) is 0 Å². The molecule has 0 aromatic rings. The van der Waals surface area contributed by atoms with E-state index in [1.807, 2.05) is 0 Å². The van der Waals surface area contributed by atoms with E-state index >= 15 is 0 Å². The summed E-state index contributed by atoms with van der Waals surface area (Å²) in [6.07, 6.45) is 0.737. The van der Waals surface area contributed by atoms with E-state index in [4.69, 9.17) is 9.47 Å². The lowest BCUT2D eigenvalue weighted by molar-refractivity contribution is -0.125. The third-order valence-corrected chi connectivity index (χ3v) is 6.08. The summed E-state index contributed by atoms with van der Waals surface area (Å²) in [6.45, 7) is 7.23. The number of ether oxygens (including phenoxy) is 2. The Morgan fingerprint density at radius 2 is 1.85 bits per heavy atom. The van der Waals surface area contributed by atoms with Crippen LogP contribution in [0.5, 0.6) is 0 Å². The van der Waals surface area contributed by atoms with Crippen molar-refractivity contribution in [3.63, 3.8) is 0 Å². The van der Waals surface area contributed by atoms with E-state index in [0.29, 0.717) is 45.7 Å². The molecule has 1 atom stereocenters. The van der Waals surface area contributed by atoms with Gasteiger partial charge in [-0.3, -0.25) is 9.69 Å². The Labute approximate surface area is 155 Å². The molecule has 2 fully saturated rings. The standard InChI is InChI=1S/C16H29N3O6S/c1-16(2,3)25-15(21)19-7-4-5-13(19)14(20)17-6-12-26(22,23)18-8-10-24-11-9-18/h13H,4-12H2,1-3H3,(H,17,20). The number of hydrogen-bond acceptors (Lipinski definition) is 6. The molecule has 150 valence electrons. The first-order chi connectivity index (χ1) is 12.1. The van der Waals surface area contributed by atoms with Crippen molar-refractivity contribution in [3.8, 4) is 0 Å². The summed E-state index contributed by atoms with van der Waals surface area (Å²) in [5, 5.41) is 2.64. The Balaban J connectivity index is 1.83. The van der Waals surface area contributed by atoms with E-state index < -0.39 is 27.8 Å². The first-order valence-corrected chi connectivity index (χ1v) is 10.5.